The lowest BCUT2D eigenvalue weighted by Crippen LogP contribution is -1.90. The highest BCUT2D eigenvalue weighted by atomic mass is 32.1. The van der Waals surface area contributed by atoms with Gasteiger partial charge in [0, 0.05) is 11.6 Å². The van der Waals surface area contributed by atoms with Crippen molar-refractivity contribution in [1.29, 1.82) is 5.26 Å². The summed E-state index contributed by atoms with van der Waals surface area (Å²) in [6, 6.07) is 15.6. The molecule has 0 spiro atoms. The van der Waals surface area contributed by atoms with Crippen LogP contribution < -0.4 is 9.47 Å². The number of ether oxygens (including phenoxy) is 2. The molecule has 0 atom stereocenters. The van der Waals surface area contributed by atoms with Gasteiger partial charge in [0.15, 0.2) is 0 Å². The highest BCUT2D eigenvalue weighted by Crippen LogP contribution is 2.31. The van der Waals surface area contributed by atoms with E-state index in [-0.39, 0.29) is 0 Å². The van der Waals surface area contributed by atoms with Gasteiger partial charge in [0.25, 0.3) is 0 Å². The fraction of sp³-hybridized carbons (Fsp3) is 0.111. The van der Waals surface area contributed by atoms with Crippen LogP contribution in [0.4, 0.5) is 0 Å². The summed E-state index contributed by atoms with van der Waals surface area (Å²) in [5, 5.41) is 10.2. The third kappa shape index (κ3) is 3.03. The predicted molar refractivity (Wildman–Crippen MR) is 92.7 cm³/mol. The monoisotopic (exact) mass is 322 g/mol. The van der Waals surface area contributed by atoms with Crippen molar-refractivity contribution in [2.75, 3.05) is 14.2 Å². The van der Waals surface area contributed by atoms with Crippen LogP contribution in [0.3, 0.4) is 0 Å². The van der Waals surface area contributed by atoms with Gasteiger partial charge in [-0.1, -0.05) is 12.1 Å². The largest absolute Gasteiger partial charge is 0.497 e. The van der Waals surface area contributed by atoms with Crippen molar-refractivity contribution in [3.05, 3.63) is 53.0 Å². The summed E-state index contributed by atoms with van der Waals surface area (Å²) < 4.78 is 11.6. The number of nitriles is 1. The summed E-state index contributed by atoms with van der Waals surface area (Å²) >= 11 is 1.50. The highest BCUT2D eigenvalue weighted by Gasteiger charge is 2.10. The molecule has 5 heteroatoms. The van der Waals surface area contributed by atoms with E-state index < -0.39 is 0 Å². The van der Waals surface area contributed by atoms with E-state index in [1.54, 1.807) is 26.4 Å². The molecule has 0 bridgehead atoms. The number of rotatable bonds is 4. The molecule has 0 fully saturated rings. The topological polar surface area (TPSA) is 55.1 Å². The van der Waals surface area contributed by atoms with E-state index in [4.69, 9.17) is 9.47 Å². The number of allylic oxidation sites excluding steroid dienone is 1. The van der Waals surface area contributed by atoms with E-state index in [9.17, 15) is 5.26 Å². The van der Waals surface area contributed by atoms with Gasteiger partial charge < -0.3 is 9.47 Å². The van der Waals surface area contributed by atoms with Crippen LogP contribution in [0.25, 0.3) is 21.9 Å². The number of para-hydroxylation sites is 1. The van der Waals surface area contributed by atoms with Gasteiger partial charge in [-0.25, -0.2) is 4.98 Å². The lowest BCUT2D eigenvalue weighted by atomic mass is 10.1. The predicted octanol–water partition coefficient (Wildman–Crippen LogP) is 4.38. The van der Waals surface area contributed by atoms with Crippen LogP contribution >= 0.6 is 11.3 Å². The average molecular weight is 322 g/mol. The number of aromatic nitrogens is 1. The van der Waals surface area contributed by atoms with Gasteiger partial charge >= 0.3 is 0 Å². The van der Waals surface area contributed by atoms with Gasteiger partial charge in [-0.05, 0) is 30.3 Å². The summed E-state index contributed by atoms with van der Waals surface area (Å²) in [4.78, 5) is 4.53. The highest BCUT2D eigenvalue weighted by molar-refractivity contribution is 7.19. The van der Waals surface area contributed by atoms with Gasteiger partial charge in [-0.15, -0.1) is 11.3 Å². The fourth-order valence-corrected chi connectivity index (χ4v) is 3.15. The number of fused-ring (bicyclic) bond motifs is 1. The Morgan fingerprint density at radius 1 is 1.17 bits per heavy atom. The Morgan fingerprint density at radius 3 is 2.70 bits per heavy atom. The van der Waals surface area contributed by atoms with Crippen LogP contribution in [0.2, 0.25) is 0 Å². The van der Waals surface area contributed by atoms with Crippen LogP contribution in [0.5, 0.6) is 11.5 Å². The molecule has 0 aliphatic carbocycles. The SMILES string of the molecule is COc1ccc(C=C(C#N)c2nc3ccccc3s2)c(OC)c1. The van der Waals surface area contributed by atoms with E-state index in [1.807, 2.05) is 36.4 Å². The van der Waals surface area contributed by atoms with Crippen molar-refractivity contribution < 1.29 is 9.47 Å². The van der Waals surface area contributed by atoms with Crippen molar-refractivity contribution in [3.63, 3.8) is 0 Å². The van der Waals surface area contributed by atoms with Crippen LogP contribution in [0.15, 0.2) is 42.5 Å². The molecular formula is C18H14N2O2S. The first-order valence-corrected chi connectivity index (χ1v) is 7.76. The first-order valence-electron chi connectivity index (χ1n) is 6.95. The molecule has 0 radical (unpaired) electrons. The Hall–Kier alpha value is -2.84. The third-order valence-corrected chi connectivity index (χ3v) is 4.45. The molecular weight excluding hydrogens is 308 g/mol. The van der Waals surface area contributed by atoms with E-state index in [0.29, 0.717) is 22.1 Å². The van der Waals surface area contributed by atoms with Crippen LogP contribution in [-0.4, -0.2) is 19.2 Å². The molecule has 0 aliphatic heterocycles. The van der Waals surface area contributed by atoms with Gasteiger partial charge in [-0.3, -0.25) is 0 Å². The van der Waals surface area contributed by atoms with Crippen molar-refractivity contribution in [2.24, 2.45) is 0 Å². The first-order chi connectivity index (χ1) is 11.2. The Labute approximate surface area is 138 Å². The summed E-state index contributed by atoms with van der Waals surface area (Å²) in [7, 11) is 3.20. The number of hydrogen-bond acceptors (Lipinski definition) is 5. The number of hydrogen-bond donors (Lipinski definition) is 0. The fourth-order valence-electron chi connectivity index (χ4n) is 2.22. The summed E-state index contributed by atoms with van der Waals surface area (Å²) in [5.74, 6) is 1.36. The second-order valence-corrected chi connectivity index (χ2v) is 5.80. The van der Waals surface area contributed by atoms with Crippen molar-refractivity contribution in [1.82, 2.24) is 4.98 Å². The van der Waals surface area contributed by atoms with Crippen LogP contribution in [0.1, 0.15) is 10.6 Å². The van der Waals surface area contributed by atoms with Crippen molar-refractivity contribution in [3.8, 4) is 17.6 Å². The lowest BCUT2D eigenvalue weighted by Gasteiger charge is -2.07. The lowest BCUT2D eigenvalue weighted by molar-refractivity contribution is 0.394. The molecule has 0 aliphatic rings. The summed E-state index contributed by atoms with van der Waals surface area (Å²) in [6.07, 6.45) is 1.79. The second kappa shape index (κ2) is 6.51. The molecule has 0 saturated carbocycles. The minimum Gasteiger partial charge on any atom is -0.497 e. The second-order valence-electron chi connectivity index (χ2n) is 4.76. The maximum Gasteiger partial charge on any atom is 0.135 e. The molecule has 4 nitrogen and oxygen atoms in total. The molecule has 1 heterocycles. The van der Waals surface area contributed by atoms with E-state index >= 15 is 0 Å². The number of benzene rings is 2. The minimum atomic E-state index is 0.509. The Balaban J connectivity index is 2.07. The normalized spacial score (nSPS) is 11.3. The molecule has 0 amide bonds. The minimum absolute atomic E-state index is 0.509. The standard InChI is InChI=1S/C18H14N2O2S/c1-21-14-8-7-12(16(10-14)22-2)9-13(11-19)18-20-15-5-3-4-6-17(15)23-18/h3-10H,1-2H3. The van der Waals surface area contributed by atoms with Crippen LogP contribution in [-0.2, 0) is 0 Å². The zero-order valence-corrected chi connectivity index (χ0v) is 13.6. The maximum atomic E-state index is 9.51. The molecule has 23 heavy (non-hydrogen) atoms. The van der Waals surface area contributed by atoms with Gasteiger partial charge in [0.05, 0.1) is 30.0 Å². The van der Waals surface area contributed by atoms with Gasteiger partial charge in [0.1, 0.15) is 22.6 Å². The molecule has 2 aromatic carbocycles. The van der Waals surface area contributed by atoms with E-state index in [2.05, 4.69) is 11.1 Å². The number of thiazole rings is 1. The first kappa shape index (κ1) is 15.1. The molecule has 3 rings (SSSR count). The van der Waals surface area contributed by atoms with E-state index in [0.717, 1.165) is 15.8 Å². The molecule has 3 aromatic rings. The van der Waals surface area contributed by atoms with Gasteiger partial charge in [-0.2, -0.15) is 5.26 Å². The quantitative estimate of drug-likeness (QED) is 0.669. The zero-order valence-electron chi connectivity index (χ0n) is 12.7. The average Bonchev–Trinajstić information content (AvgIpc) is 3.03. The van der Waals surface area contributed by atoms with Crippen molar-refractivity contribution in [2.45, 2.75) is 0 Å². The number of methoxy groups -OCH3 is 2. The Bertz CT molecular complexity index is 889. The zero-order chi connectivity index (χ0) is 16.2. The number of nitrogens with zero attached hydrogens (tertiary/aromatic N) is 2. The van der Waals surface area contributed by atoms with Crippen LogP contribution in [0, 0.1) is 11.3 Å². The Kier molecular flexibility index (Phi) is 4.26. The van der Waals surface area contributed by atoms with E-state index in [1.165, 1.54) is 11.3 Å². The maximum absolute atomic E-state index is 9.51. The molecule has 1 aromatic heterocycles. The molecule has 0 N–H and O–H groups in total. The summed E-state index contributed by atoms with van der Waals surface area (Å²) in [5.41, 5.74) is 2.22. The third-order valence-electron chi connectivity index (χ3n) is 3.39. The summed E-state index contributed by atoms with van der Waals surface area (Å²) in [6.45, 7) is 0. The molecule has 0 unspecified atom stereocenters. The molecule has 114 valence electrons. The van der Waals surface area contributed by atoms with Gasteiger partial charge in [0.2, 0.25) is 0 Å². The molecule has 0 saturated heterocycles. The smallest absolute Gasteiger partial charge is 0.135 e. The van der Waals surface area contributed by atoms with Crippen molar-refractivity contribution >= 4 is 33.2 Å². The Morgan fingerprint density at radius 2 is 2.00 bits per heavy atom.